The Morgan fingerprint density at radius 2 is 1.76 bits per heavy atom. The lowest BCUT2D eigenvalue weighted by molar-refractivity contribution is -0.113. The molecule has 1 aromatic heterocycles. The van der Waals surface area contributed by atoms with Crippen molar-refractivity contribution in [2.45, 2.75) is 52.0 Å². The number of likely N-dealkylation sites (N-methyl/N-ethyl adjacent to an activating group) is 1. The van der Waals surface area contributed by atoms with Crippen LogP contribution in [0.15, 0.2) is 54.6 Å². The molecule has 0 radical (unpaired) electrons. The Morgan fingerprint density at radius 1 is 1.02 bits per heavy atom. The van der Waals surface area contributed by atoms with Crippen LogP contribution >= 0.6 is 24.8 Å². The van der Waals surface area contributed by atoms with E-state index in [9.17, 15) is 14.4 Å². The van der Waals surface area contributed by atoms with E-state index in [0.717, 1.165) is 68.6 Å². The number of methoxy groups -OCH3 is 1. The Labute approximate surface area is 312 Å². The number of H-pyrrole nitrogens is 1. The number of carbonyl (C=O) groups is 3. The summed E-state index contributed by atoms with van der Waals surface area (Å²) in [5, 5.41) is 2.96. The smallest absolute Gasteiger partial charge is 0.259 e. The van der Waals surface area contributed by atoms with E-state index in [1.807, 2.05) is 43.3 Å². The second-order valence-corrected chi connectivity index (χ2v) is 13.1. The van der Waals surface area contributed by atoms with Gasteiger partial charge in [0.15, 0.2) is 0 Å². The summed E-state index contributed by atoms with van der Waals surface area (Å²) >= 11 is 0. The molecule has 1 fully saturated rings. The van der Waals surface area contributed by atoms with Gasteiger partial charge in [0.05, 0.1) is 42.2 Å². The van der Waals surface area contributed by atoms with Crippen LogP contribution in [0.2, 0.25) is 0 Å². The highest BCUT2D eigenvalue weighted by Crippen LogP contribution is 2.32. The Morgan fingerprint density at radius 3 is 2.45 bits per heavy atom. The highest BCUT2D eigenvalue weighted by atomic mass is 35.5. The maximum Gasteiger partial charge on any atom is 0.259 e. The minimum absolute atomic E-state index is 0. The van der Waals surface area contributed by atoms with E-state index in [1.54, 1.807) is 30.1 Å². The summed E-state index contributed by atoms with van der Waals surface area (Å²) in [6.45, 7) is 10.3. The number of halogens is 2. The number of para-hydroxylation sites is 1. The molecule has 11 nitrogen and oxygen atoms in total. The maximum atomic E-state index is 13.7. The predicted octanol–water partition coefficient (Wildman–Crippen LogP) is 6.74. The van der Waals surface area contributed by atoms with E-state index in [2.05, 4.69) is 46.0 Å². The number of aromatic nitrogens is 2. The Hall–Kier alpha value is -4.16. The van der Waals surface area contributed by atoms with E-state index in [1.165, 1.54) is 7.11 Å². The van der Waals surface area contributed by atoms with Crippen molar-refractivity contribution >= 4 is 65.3 Å². The molecule has 2 amide bonds. The molecule has 0 saturated carbocycles. The molecule has 0 spiro atoms. The first-order valence-electron chi connectivity index (χ1n) is 17.0. The Bertz CT molecular complexity index is 1790. The number of nitrogens with one attached hydrogen (secondary N) is 2. The van der Waals surface area contributed by atoms with Gasteiger partial charge in [-0.2, -0.15) is 0 Å². The maximum absolute atomic E-state index is 13.7. The van der Waals surface area contributed by atoms with Gasteiger partial charge in [0.1, 0.15) is 29.1 Å². The van der Waals surface area contributed by atoms with E-state index in [0.29, 0.717) is 40.4 Å². The van der Waals surface area contributed by atoms with Gasteiger partial charge >= 0.3 is 0 Å². The largest absolute Gasteiger partial charge is 0.496 e. The molecule has 0 aliphatic carbocycles. The van der Waals surface area contributed by atoms with Crippen LogP contribution < -0.4 is 19.7 Å². The number of aromatic amines is 1. The molecule has 0 bridgehead atoms. The molecule has 1 unspecified atom stereocenters. The lowest BCUT2D eigenvalue weighted by atomic mass is 10.1. The van der Waals surface area contributed by atoms with Crippen molar-refractivity contribution in [3.8, 4) is 11.5 Å². The number of aldehydes is 1. The molecule has 13 heteroatoms. The summed E-state index contributed by atoms with van der Waals surface area (Å²) in [5.41, 5.74) is 4.40. The van der Waals surface area contributed by atoms with Gasteiger partial charge in [-0.3, -0.25) is 14.5 Å². The van der Waals surface area contributed by atoms with Gasteiger partial charge in [-0.1, -0.05) is 26.0 Å². The summed E-state index contributed by atoms with van der Waals surface area (Å²) in [6, 6.07) is 16.1. The number of benzene rings is 3. The van der Waals surface area contributed by atoms with Crippen LogP contribution in [0.3, 0.4) is 0 Å². The molecular formula is C38H50Cl2N6O5. The van der Waals surface area contributed by atoms with Gasteiger partial charge in [-0.25, -0.2) is 4.98 Å². The number of piperazine rings is 1. The standard InChI is InChI=1S/C38H48N6O5.2ClH/c1-25(2)36-39-30-11-9-12-31(35(30)41-36)40-37(46)29-15-14-27(23-33(29)48-6)38(47)43(5)32-16-13-26(3)22-34(32)49-21-8-7-10-28(24-45)44-19-17-42(4)18-20-44;;/h9,11-16,22-25,28H,7-8,10,17-21H2,1-6H3,(H,39,41)(H,40,46);2*1H. The van der Waals surface area contributed by atoms with Gasteiger partial charge in [0, 0.05) is 44.7 Å². The number of carbonyl (C=O) groups excluding carboxylic acids is 3. The number of amides is 2. The molecule has 51 heavy (non-hydrogen) atoms. The second kappa shape index (κ2) is 18.9. The van der Waals surface area contributed by atoms with E-state index in [-0.39, 0.29) is 54.3 Å². The molecule has 1 atom stereocenters. The highest BCUT2D eigenvalue weighted by molar-refractivity contribution is 6.11. The average Bonchev–Trinajstić information content (AvgIpc) is 3.56. The summed E-state index contributed by atoms with van der Waals surface area (Å²) in [5.74, 6) is 1.29. The minimum Gasteiger partial charge on any atom is -0.496 e. The van der Waals surface area contributed by atoms with Crippen molar-refractivity contribution in [2.75, 3.05) is 64.2 Å². The third-order valence-electron chi connectivity index (χ3n) is 9.12. The van der Waals surface area contributed by atoms with Crippen LogP contribution in [0.1, 0.15) is 71.1 Å². The van der Waals surface area contributed by atoms with Crippen molar-refractivity contribution in [2.24, 2.45) is 0 Å². The quantitative estimate of drug-likeness (QED) is 0.108. The fraction of sp³-hybridized carbons (Fsp3) is 0.421. The molecule has 276 valence electrons. The summed E-state index contributed by atoms with van der Waals surface area (Å²) < 4.78 is 11.8. The number of anilines is 2. The molecule has 2 heterocycles. The van der Waals surface area contributed by atoms with Gasteiger partial charge in [-0.05, 0) is 81.3 Å². The predicted molar refractivity (Wildman–Crippen MR) is 208 cm³/mol. The third kappa shape index (κ3) is 10.0. The van der Waals surface area contributed by atoms with Gasteiger partial charge in [-0.15, -0.1) is 24.8 Å². The second-order valence-electron chi connectivity index (χ2n) is 13.1. The Kier molecular flexibility index (Phi) is 15.3. The van der Waals surface area contributed by atoms with Crippen molar-refractivity contribution in [1.29, 1.82) is 0 Å². The lowest BCUT2D eigenvalue weighted by Crippen LogP contribution is -2.49. The number of ether oxygens (including phenoxy) is 2. The van der Waals surface area contributed by atoms with Crippen LogP contribution in [0.25, 0.3) is 11.0 Å². The van der Waals surface area contributed by atoms with E-state index >= 15 is 0 Å². The number of hydrogen-bond acceptors (Lipinski definition) is 8. The normalized spacial score (nSPS) is 13.9. The first-order chi connectivity index (χ1) is 23.6. The monoisotopic (exact) mass is 740 g/mol. The van der Waals surface area contributed by atoms with Crippen molar-refractivity contribution < 1.29 is 23.9 Å². The SMILES string of the molecule is COc1cc(C(=O)N(C)c2ccc(C)cc2OCCCCC(C=O)N2CCN(C)CC2)ccc1C(=O)Nc1cccc2[nH]c(C(C)C)nc12.Cl.Cl. The number of imidazole rings is 1. The van der Waals surface area contributed by atoms with E-state index < -0.39 is 0 Å². The van der Waals surface area contributed by atoms with Crippen LogP contribution in [0.4, 0.5) is 11.4 Å². The average molecular weight is 742 g/mol. The first-order valence-corrected chi connectivity index (χ1v) is 17.0. The number of nitrogens with zero attached hydrogens (tertiary/aromatic N) is 4. The zero-order valence-corrected chi connectivity index (χ0v) is 31.9. The van der Waals surface area contributed by atoms with E-state index in [4.69, 9.17) is 9.47 Å². The highest BCUT2D eigenvalue weighted by Gasteiger charge is 2.23. The summed E-state index contributed by atoms with van der Waals surface area (Å²) in [6.07, 6.45) is 3.52. The first kappa shape index (κ1) is 41.3. The van der Waals surface area contributed by atoms with Gasteiger partial charge < -0.3 is 34.4 Å². The number of unbranched alkanes of at least 4 members (excludes halogenated alkanes) is 1. The molecule has 1 aliphatic heterocycles. The van der Waals surface area contributed by atoms with Crippen LogP contribution in [0.5, 0.6) is 11.5 Å². The number of rotatable bonds is 14. The number of hydrogen-bond donors (Lipinski definition) is 2. The number of aryl methyl sites for hydroxylation is 1. The topological polar surface area (TPSA) is 120 Å². The zero-order chi connectivity index (χ0) is 35.1. The summed E-state index contributed by atoms with van der Waals surface area (Å²) in [7, 11) is 5.28. The van der Waals surface area contributed by atoms with Crippen LogP contribution in [0, 0.1) is 6.92 Å². The van der Waals surface area contributed by atoms with Crippen LogP contribution in [-0.4, -0.2) is 97.9 Å². The minimum atomic E-state index is -0.372. The third-order valence-corrected chi connectivity index (χ3v) is 9.12. The molecule has 2 N–H and O–H groups in total. The molecule has 5 rings (SSSR count). The van der Waals surface area contributed by atoms with Gasteiger partial charge in [0.25, 0.3) is 11.8 Å². The number of fused-ring (bicyclic) bond motifs is 1. The molecule has 3 aromatic carbocycles. The fourth-order valence-electron chi connectivity index (χ4n) is 6.07. The molecule has 1 aliphatic rings. The van der Waals surface area contributed by atoms with Crippen molar-refractivity contribution in [1.82, 2.24) is 19.8 Å². The zero-order valence-electron chi connectivity index (χ0n) is 30.2. The van der Waals surface area contributed by atoms with Crippen LogP contribution in [-0.2, 0) is 4.79 Å². The van der Waals surface area contributed by atoms with Gasteiger partial charge in [0.2, 0.25) is 0 Å². The molecule has 1 saturated heterocycles. The Balaban J connectivity index is 0.00000351. The summed E-state index contributed by atoms with van der Waals surface area (Å²) in [4.78, 5) is 53.0. The molecule has 4 aromatic rings. The lowest BCUT2D eigenvalue weighted by Gasteiger charge is -2.35. The molecular weight excluding hydrogens is 691 g/mol. The van der Waals surface area contributed by atoms with Crippen molar-refractivity contribution in [3.63, 3.8) is 0 Å². The van der Waals surface area contributed by atoms with Crippen molar-refractivity contribution in [3.05, 3.63) is 77.1 Å². The fourth-order valence-corrected chi connectivity index (χ4v) is 6.07.